The topological polar surface area (TPSA) is 55.8 Å². The number of hydrogen-bond donors (Lipinski definition) is 1. The van der Waals surface area contributed by atoms with Gasteiger partial charge in [0, 0.05) is 20.1 Å². The van der Waals surface area contributed by atoms with Crippen LogP contribution in [0.1, 0.15) is 28.8 Å². The van der Waals surface area contributed by atoms with Crippen LogP contribution in [0.25, 0.3) is 0 Å². The van der Waals surface area contributed by atoms with E-state index in [1.165, 1.54) is 7.11 Å². The lowest BCUT2D eigenvalue weighted by molar-refractivity contribution is 0.0695. The molecular weight excluding hydrogens is 246 g/mol. The summed E-state index contributed by atoms with van der Waals surface area (Å²) in [5.41, 5.74) is -0.390. The molecular formula is C12H14F2O4. The molecule has 0 aromatic heterocycles. The number of halogens is 2. The zero-order valence-corrected chi connectivity index (χ0v) is 9.86. The van der Waals surface area contributed by atoms with Crippen molar-refractivity contribution >= 4 is 5.97 Å². The Morgan fingerprint density at radius 1 is 1.39 bits per heavy atom. The van der Waals surface area contributed by atoms with Crippen LogP contribution in [0.15, 0.2) is 18.2 Å². The van der Waals surface area contributed by atoms with E-state index in [9.17, 15) is 13.6 Å². The summed E-state index contributed by atoms with van der Waals surface area (Å²) in [7, 11) is 1.52. The maximum Gasteiger partial charge on any atom is 0.335 e. The predicted molar refractivity (Wildman–Crippen MR) is 60.3 cm³/mol. The van der Waals surface area contributed by atoms with Crippen LogP contribution in [-0.2, 0) is 4.74 Å². The number of benzene rings is 1. The van der Waals surface area contributed by atoms with Gasteiger partial charge in [0.1, 0.15) is 5.75 Å². The molecule has 0 bridgehead atoms. The lowest BCUT2D eigenvalue weighted by Crippen LogP contribution is -2.05. The Hall–Kier alpha value is -1.69. The molecule has 1 aromatic carbocycles. The molecule has 0 unspecified atom stereocenters. The van der Waals surface area contributed by atoms with Crippen molar-refractivity contribution in [1.29, 1.82) is 0 Å². The molecule has 6 heteroatoms. The van der Waals surface area contributed by atoms with Crippen molar-refractivity contribution in [1.82, 2.24) is 0 Å². The highest BCUT2D eigenvalue weighted by atomic mass is 19.3. The van der Waals surface area contributed by atoms with Gasteiger partial charge in [-0.1, -0.05) is 0 Å². The van der Waals surface area contributed by atoms with Crippen LogP contribution in [0.5, 0.6) is 5.75 Å². The summed E-state index contributed by atoms with van der Waals surface area (Å²) in [4.78, 5) is 10.7. The van der Waals surface area contributed by atoms with Gasteiger partial charge in [-0.15, -0.1) is 0 Å². The first-order valence-electron chi connectivity index (χ1n) is 5.33. The van der Waals surface area contributed by atoms with Gasteiger partial charge < -0.3 is 14.6 Å². The number of ether oxygens (including phenoxy) is 2. The second-order valence-corrected chi connectivity index (χ2v) is 3.55. The van der Waals surface area contributed by atoms with Gasteiger partial charge in [0.2, 0.25) is 0 Å². The smallest absolute Gasteiger partial charge is 0.335 e. The van der Waals surface area contributed by atoms with E-state index in [4.69, 9.17) is 14.6 Å². The molecule has 0 aliphatic heterocycles. The first-order chi connectivity index (χ1) is 8.56. The van der Waals surface area contributed by atoms with Crippen LogP contribution in [0.2, 0.25) is 0 Å². The predicted octanol–water partition coefficient (Wildman–Crippen LogP) is 2.74. The van der Waals surface area contributed by atoms with Gasteiger partial charge in [0.25, 0.3) is 6.43 Å². The SMILES string of the molecule is COCCCOc1cc(C(=O)O)ccc1C(F)F. The minimum absolute atomic E-state index is 0.0823. The Balaban J connectivity index is 2.83. The van der Waals surface area contributed by atoms with E-state index >= 15 is 0 Å². The number of hydrogen-bond acceptors (Lipinski definition) is 3. The molecule has 0 heterocycles. The minimum Gasteiger partial charge on any atom is -0.493 e. The molecule has 1 aromatic rings. The van der Waals surface area contributed by atoms with E-state index in [0.717, 1.165) is 18.2 Å². The van der Waals surface area contributed by atoms with Crippen molar-refractivity contribution in [3.8, 4) is 5.75 Å². The van der Waals surface area contributed by atoms with Crippen LogP contribution in [0.4, 0.5) is 8.78 Å². The largest absolute Gasteiger partial charge is 0.493 e. The third kappa shape index (κ3) is 3.96. The second-order valence-electron chi connectivity index (χ2n) is 3.55. The molecule has 100 valence electrons. The molecule has 0 fully saturated rings. The summed E-state index contributed by atoms with van der Waals surface area (Å²) in [6, 6.07) is 3.31. The fourth-order valence-corrected chi connectivity index (χ4v) is 1.36. The summed E-state index contributed by atoms with van der Waals surface area (Å²) in [5.74, 6) is -1.28. The molecule has 4 nitrogen and oxygen atoms in total. The van der Waals surface area contributed by atoms with Gasteiger partial charge >= 0.3 is 5.97 Å². The second kappa shape index (κ2) is 6.90. The Bertz CT molecular complexity index is 407. The lowest BCUT2D eigenvalue weighted by atomic mass is 10.1. The van der Waals surface area contributed by atoms with Crippen molar-refractivity contribution in [2.75, 3.05) is 20.3 Å². The lowest BCUT2D eigenvalue weighted by Gasteiger charge is -2.11. The van der Waals surface area contributed by atoms with Crippen LogP contribution in [0.3, 0.4) is 0 Å². The van der Waals surface area contributed by atoms with Crippen LogP contribution in [0, 0.1) is 0 Å². The third-order valence-electron chi connectivity index (χ3n) is 2.25. The van der Waals surface area contributed by atoms with Crippen molar-refractivity contribution in [3.63, 3.8) is 0 Å². The molecule has 0 atom stereocenters. The fourth-order valence-electron chi connectivity index (χ4n) is 1.36. The molecule has 0 aliphatic carbocycles. The van der Waals surface area contributed by atoms with Gasteiger partial charge in [-0.05, 0) is 18.2 Å². The fraction of sp³-hybridized carbons (Fsp3) is 0.417. The van der Waals surface area contributed by atoms with E-state index < -0.39 is 12.4 Å². The normalized spacial score (nSPS) is 10.7. The monoisotopic (exact) mass is 260 g/mol. The Labute approximate surface area is 103 Å². The number of carboxylic acids is 1. The number of methoxy groups -OCH3 is 1. The molecule has 18 heavy (non-hydrogen) atoms. The maximum absolute atomic E-state index is 12.7. The molecule has 0 aliphatic rings. The van der Waals surface area contributed by atoms with Crippen LogP contribution < -0.4 is 4.74 Å². The summed E-state index contributed by atoms with van der Waals surface area (Å²) in [6.07, 6.45) is -2.17. The van der Waals surface area contributed by atoms with Gasteiger partial charge in [0.05, 0.1) is 17.7 Å². The molecule has 0 spiro atoms. The average molecular weight is 260 g/mol. The molecule has 0 saturated heterocycles. The highest BCUT2D eigenvalue weighted by molar-refractivity contribution is 5.88. The zero-order valence-electron chi connectivity index (χ0n) is 9.86. The van der Waals surface area contributed by atoms with E-state index in [2.05, 4.69) is 0 Å². The van der Waals surface area contributed by atoms with Crippen LogP contribution in [-0.4, -0.2) is 31.4 Å². The highest BCUT2D eigenvalue weighted by Gasteiger charge is 2.16. The van der Waals surface area contributed by atoms with Gasteiger partial charge in [-0.25, -0.2) is 13.6 Å². The molecule has 0 radical (unpaired) electrons. The highest BCUT2D eigenvalue weighted by Crippen LogP contribution is 2.30. The van der Waals surface area contributed by atoms with Crippen LogP contribution >= 0.6 is 0 Å². The quantitative estimate of drug-likeness (QED) is 0.766. The van der Waals surface area contributed by atoms with Crippen molar-refractivity contribution in [3.05, 3.63) is 29.3 Å². The van der Waals surface area contributed by atoms with Gasteiger partial charge in [0.15, 0.2) is 0 Å². The number of rotatable bonds is 7. The molecule has 0 amide bonds. The standard InChI is InChI=1S/C12H14F2O4/c1-17-5-2-6-18-10-7-8(12(15)16)3-4-9(10)11(13)14/h3-4,7,11H,2,5-6H2,1H3,(H,15,16). The summed E-state index contributed by atoms with van der Waals surface area (Å²) < 4.78 is 35.3. The van der Waals surface area contributed by atoms with E-state index in [1.54, 1.807) is 0 Å². The number of aromatic carboxylic acids is 1. The van der Waals surface area contributed by atoms with E-state index in [0.29, 0.717) is 13.0 Å². The van der Waals surface area contributed by atoms with E-state index in [-0.39, 0.29) is 23.5 Å². The van der Waals surface area contributed by atoms with Gasteiger partial charge in [-0.3, -0.25) is 0 Å². The maximum atomic E-state index is 12.7. The molecule has 1 rings (SSSR count). The summed E-state index contributed by atoms with van der Waals surface area (Å²) >= 11 is 0. The summed E-state index contributed by atoms with van der Waals surface area (Å²) in [6.45, 7) is 0.638. The number of carbonyl (C=O) groups is 1. The summed E-state index contributed by atoms with van der Waals surface area (Å²) in [5, 5.41) is 8.79. The Morgan fingerprint density at radius 3 is 2.67 bits per heavy atom. The number of carboxylic acid groups (broad SMARTS) is 1. The van der Waals surface area contributed by atoms with E-state index in [1.807, 2.05) is 0 Å². The molecule has 1 N–H and O–H groups in total. The number of alkyl halides is 2. The zero-order chi connectivity index (χ0) is 13.5. The third-order valence-corrected chi connectivity index (χ3v) is 2.25. The Morgan fingerprint density at radius 2 is 2.11 bits per heavy atom. The van der Waals surface area contributed by atoms with Crippen molar-refractivity contribution in [2.24, 2.45) is 0 Å². The van der Waals surface area contributed by atoms with Crippen molar-refractivity contribution in [2.45, 2.75) is 12.8 Å². The average Bonchev–Trinajstić information content (AvgIpc) is 2.34. The Kier molecular flexibility index (Phi) is 5.51. The van der Waals surface area contributed by atoms with Gasteiger partial charge in [-0.2, -0.15) is 0 Å². The first-order valence-corrected chi connectivity index (χ1v) is 5.33. The van der Waals surface area contributed by atoms with Crippen molar-refractivity contribution < 1.29 is 28.2 Å². The first kappa shape index (κ1) is 14.4. The minimum atomic E-state index is -2.70. The molecule has 0 saturated carbocycles.